The average molecular weight is 478 g/mol. The number of aromatic nitrogens is 3. The number of rotatable bonds is 7. The molecule has 1 atom stereocenters. The number of thiazole rings is 1. The molecule has 0 amide bonds. The minimum atomic E-state index is -0.408. The Labute approximate surface area is 200 Å². The topological polar surface area (TPSA) is 83.1 Å². The molecule has 9 heteroatoms. The number of imidazole rings is 1. The minimum Gasteiger partial charge on any atom is -0.496 e. The monoisotopic (exact) mass is 477 g/mol. The molecule has 0 fully saturated rings. The average Bonchev–Trinajstić information content (AvgIpc) is 3.45. The highest BCUT2D eigenvalue weighted by atomic mass is 32.1. The lowest BCUT2D eigenvalue weighted by Gasteiger charge is -2.30. The van der Waals surface area contributed by atoms with Crippen molar-refractivity contribution < 1.29 is 13.9 Å². The van der Waals surface area contributed by atoms with Crippen LogP contribution in [0.15, 0.2) is 48.7 Å². The lowest BCUT2D eigenvalue weighted by Crippen LogP contribution is -2.34. The molecule has 2 N–H and O–H groups in total. The Bertz CT molecular complexity index is 1320. The second kappa shape index (κ2) is 9.36. The van der Waals surface area contributed by atoms with Gasteiger partial charge in [0, 0.05) is 42.3 Å². The van der Waals surface area contributed by atoms with Crippen LogP contribution in [0.3, 0.4) is 0 Å². The lowest BCUT2D eigenvalue weighted by atomic mass is 10.0. The van der Waals surface area contributed by atoms with Crippen molar-refractivity contribution in [2.24, 2.45) is 0 Å². The van der Waals surface area contributed by atoms with E-state index in [2.05, 4.69) is 20.2 Å². The number of hydrogen-bond acceptors (Lipinski definition) is 7. The summed E-state index contributed by atoms with van der Waals surface area (Å²) in [6.07, 6.45) is 3.53. The molecule has 4 aromatic rings. The smallest absolute Gasteiger partial charge is 0.187 e. The van der Waals surface area contributed by atoms with Gasteiger partial charge in [-0.1, -0.05) is 12.1 Å². The highest BCUT2D eigenvalue weighted by Crippen LogP contribution is 2.35. The van der Waals surface area contributed by atoms with Crippen molar-refractivity contribution in [2.75, 3.05) is 19.0 Å². The van der Waals surface area contributed by atoms with Gasteiger partial charge >= 0.3 is 0 Å². The number of hydrogen-bond donors (Lipinski definition) is 2. The Kier molecular flexibility index (Phi) is 6.12. The van der Waals surface area contributed by atoms with E-state index in [1.807, 2.05) is 31.3 Å². The minimum absolute atomic E-state index is 0.309. The molecule has 3 heterocycles. The first-order valence-corrected chi connectivity index (χ1v) is 11.8. The second-order valence-corrected chi connectivity index (χ2v) is 9.26. The second-order valence-electron chi connectivity index (χ2n) is 8.17. The first-order chi connectivity index (χ1) is 16.5. The molecule has 34 heavy (non-hydrogen) atoms. The van der Waals surface area contributed by atoms with Crippen LogP contribution in [-0.2, 0) is 17.8 Å². The molecule has 7 nitrogen and oxygen atoms in total. The van der Waals surface area contributed by atoms with E-state index >= 15 is 0 Å². The summed E-state index contributed by atoms with van der Waals surface area (Å²) in [7, 11) is 1.64. The van der Waals surface area contributed by atoms with Gasteiger partial charge in [0.2, 0.25) is 0 Å². The number of fused-ring (bicyclic) bond motifs is 1. The van der Waals surface area contributed by atoms with Gasteiger partial charge in [-0.25, -0.2) is 14.4 Å². The molecule has 5 rings (SSSR count). The van der Waals surface area contributed by atoms with Crippen LogP contribution in [0.1, 0.15) is 27.9 Å². The number of aromatic amines is 1. The third-order valence-electron chi connectivity index (χ3n) is 5.91. The van der Waals surface area contributed by atoms with Crippen LogP contribution < -0.4 is 10.1 Å². The van der Waals surface area contributed by atoms with Gasteiger partial charge in [-0.05, 0) is 36.8 Å². The van der Waals surface area contributed by atoms with Crippen molar-refractivity contribution >= 4 is 28.4 Å². The number of nitrogens with zero attached hydrogens (tertiary/aromatic N) is 3. The third kappa shape index (κ3) is 4.44. The number of halogens is 1. The fourth-order valence-electron chi connectivity index (χ4n) is 4.18. The number of H-pyrrole nitrogens is 1. The van der Waals surface area contributed by atoms with E-state index in [1.165, 1.54) is 12.1 Å². The molecule has 2 aromatic carbocycles. The summed E-state index contributed by atoms with van der Waals surface area (Å²) in [6, 6.07) is 11.6. The van der Waals surface area contributed by atoms with Crippen molar-refractivity contribution in [3.8, 4) is 17.1 Å². The first kappa shape index (κ1) is 22.2. The highest BCUT2D eigenvalue weighted by Gasteiger charge is 2.27. The number of methoxy groups -OCH3 is 1. The van der Waals surface area contributed by atoms with Crippen LogP contribution in [0.25, 0.3) is 11.4 Å². The third-order valence-corrected chi connectivity index (χ3v) is 6.91. The summed E-state index contributed by atoms with van der Waals surface area (Å²) < 4.78 is 18.9. The molecule has 0 saturated carbocycles. The molecule has 0 saturated heterocycles. The normalized spacial score (nSPS) is 14.4. The fourth-order valence-corrected chi connectivity index (χ4v) is 5.24. The van der Waals surface area contributed by atoms with Gasteiger partial charge in [0.25, 0.3) is 0 Å². The predicted molar refractivity (Wildman–Crippen MR) is 130 cm³/mol. The lowest BCUT2D eigenvalue weighted by molar-refractivity contribution is -0.113. The molecule has 0 aliphatic carbocycles. The molecule has 174 valence electrons. The highest BCUT2D eigenvalue weighted by molar-refractivity contribution is 7.15. The van der Waals surface area contributed by atoms with Gasteiger partial charge in [-0.3, -0.25) is 4.90 Å². The molecule has 0 spiro atoms. The molecular formula is C25H24FN5O2S. The molecule has 1 aliphatic heterocycles. The zero-order valence-corrected chi connectivity index (χ0v) is 19.7. The molecule has 0 bridgehead atoms. The van der Waals surface area contributed by atoms with Gasteiger partial charge in [0.1, 0.15) is 23.7 Å². The maximum Gasteiger partial charge on any atom is 0.187 e. The van der Waals surface area contributed by atoms with Crippen LogP contribution >= 0.6 is 11.3 Å². The Morgan fingerprint density at radius 1 is 1.24 bits per heavy atom. The maximum atomic E-state index is 13.3. The van der Waals surface area contributed by atoms with E-state index in [0.29, 0.717) is 18.8 Å². The largest absolute Gasteiger partial charge is 0.496 e. The maximum absolute atomic E-state index is 13.3. The van der Waals surface area contributed by atoms with Crippen molar-refractivity contribution in [2.45, 2.75) is 25.9 Å². The van der Waals surface area contributed by atoms with Gasteiger partial charge < -0.3 is 19.8 Å². The number of anilines is 2. The standard InChI is InChI=1S/C25H24FN5O2S/c1-15-12-27-24(28-15)19-8-7-18(11-22(19)33-2)29-25-30-20-9-10-31(13-23(20)34-25)21(14-32)16-3-5-17(26)6-4-16/h3-8,11-12,14,21H,9-10,13H2,1-2H3,(H,27,28)(H,29,30). The summed E-state index contributed by atoms with van der Waals surface area (Å²) in [5.41, 5.74) is 4.50. The van der Waals surface area contributed by atoms with Crippen LogP contribution in [0.4, 0.5) is 15.2 Å². The Morgan fingerprint density at radius 3 is 2.76 bits per heavy atom. The number of benzene rings is 2. The van der Waals surface area contributed by atoms with E-state index in [-0.39, 0.29) is 5.82 Å². The molecule has 2 aromatic heterocycles. The van der Waals surface area contributed by atoms with E-state index in [1.54, 1.807) is 30.6 Å². The molecular weight excluding hydrogens is 453 g/mol. The number of aryl methyl sites for hydroxylation is 1. The fraction of sp³-hybridized carbons (Fsp3) is 0.240. The number of carbonyl (C=O) groups excluding carboxylic acids is 1. The van der Waals surface area contributed by atoms with Crippen LogP contribution in [0.2, 0.25) is 0 Å². The van der Waals surface area contributed by atoms with E-state index in [9.17, 15) is 9.18 Å². The summed E-state index contributed by atoms with van der Waals surface area (Å²) in [5, 5.41) is 4.17. The molecule has 0 radical (unpaired) electrons. The SMILES string of the molecule is COc1cc(Nc2nc3c(s2)CN(C(C=O)c2ccc(F)cc2)CC3)ccc1-c1nc(C)c[nH]1. The Balaban J connectivity index is 1.33. The van der Waals surface area contributed by atoms with Gasteiger partial charge in [-0.15, -0.1) is 11.3 Å². The number of nitrogens with one attached hydrogen (secondary N) is 2. The van der Waals surface area contributed by atoms with Crippen molar-refractivity contribution in [1.82, 2.24) is 19.9 Å². The number of aldehydes is 1. The number of ether oxygens (including phenoxy) is 1. The van der Waals surface area contributed by atoms with E-state index in [0.717, 1.165) is 56.7 Å². The van der Waals surface area contributed by atoms with Gasteiger partial charge in [0.05, 0.1) is 30.1 Å². The van der Waals surface area contributed by atoms with Gasteiger partial charge in [-0.2, -0.15) is 0 Å². The summed E-state index contributed by atoms with van der Waals surface area (Å²) in [6.45, 7) is 3.27. The summed E-state index contributed by atoms with van der Waals surface area (Å²) in [5.74, 6) is 1.16. The van der Waals surface area contributed by atoms with Crippen LogP contribution in [0.5, 0.6) is 5.75 Å². The van der Waals surface area contributed by atoms with Crippen LogP contribution in [0, 0.1) is 12.7 Å². The van der Waals surface area contributed by atoms with Crippen molar-refractivity contribution in [1.29, 1.82) is 0 Å². The zero-order valence-electron chi connectivity index (χ0n) is 18.8. The van der Waals surface area contributed by atoms with Crippen molar-refractivity contribution in [3.63, 3.8) is 0 Å². The van der Waals surface area contributed by atoms with E-state index < -0.39 is 6.04 Å². The summed E-state index contributed by atoms with van der Waals surface area (Å²) in [4.78, 5) is 27.5. The zero-order chi connectivity index (χ0) is 23.7. The Morgan fingerprint density at radius 2 is 2.06 bits per heavy atom. The predicted octanol–water partition coefficient (Wildman–Crippen LogP) is 5.03. The molecule has 1 aliphatic rings. The van der Waals surface area contributed by atoms with Crippen molar-refractivity contribution in [3.05, 3.63) is 76.3 Å². The van der Waals surface area contributed by atoms with Gasteiger partial charge in [0.15, 0.2) is 5.13 Å². The van der Waals surface area contributed by atoms with Crippen LogP contribution in [-0.4, -0.2) is 39.8 Å². The number of carbonyl (C=O) groups is 1. The first-order valence-electron chi connectivity index (χ1n) is 10.9. The Hall–Kier alpha value is -3.56. The quantitative estimate of drug-likeness (QED) is 0.363. The summed E-state index contributed by atoms with van der Waals surface area (Å²) >= 11 is 1.58. The molecule has 1 unspecified atom stereocenters. The van der Waals surface area contributed by atoms with E-state index in [4.69, 9.17) is 9.72 Å².